The van der Waals surface area contributed by atoms with Crippen LogP contribution in [0.15, 0.2) is 0 Å². The van der Waals surface area contributed by atoms with Crippen LogP contribution in [0.3, 0.4) is 0 Å². The van der Waals surface area contributed by atoms with Crippen LogP contribution in [0.4, 0.5) is 0 Å². The highest BCUT2D eigenvalue weighted by Gasteiger charge is 2.27. The van der Waals surface area contributed by atoms with Crippen molar-refractivity contribution in [3.05, 3.63) is 0 Å². The van der Waals surface area contributed by atoms with Crippen molar-refractivity contribution >= 4 is 0 Å². The molecule has 2 heteroatoms. The van der Waals surface area contributed by atoms with Gasteiger partial charge in [0.15, 0.2) is 0 Å². The fourth-order valence-corrected chi connectivity index (χ4v) is 0.912. The van der Waals surface area contributed by atoms with Crippen LogP contribution in [0.25, 0.3) is 0 Å². The second kappa shape index (κ2) is 4.29. The summed E-state index contributed by atoms with van der Waals surface area (Å²) >= 11 is 0. The van der Waals surface area contributed by atoms with Crippen molar-refractivity contribution < 1.29 is 0 Å². The minimum atomic E-state index is -0.0694. The average molecular weight is 140 g/mol. The Balaban J connectivity index is 0.000000371. The van der Waals surface area contributed by atoms with Gasteiger partial charge in [0.2, 0.25) is 0 Å². The number of hydrogen-bond acceptors (Lipinski definition) is 2. The van der Waals surface area contributed by atoms with Crippen molar-refractivity contribution in [1.29, 1.82) is 5.26 Å². The summed E-state index contributed by atoms with van der Waals surface area (Å²) < 4.78 is 0. The van der Waals surface area contributed by atoms with Gasteiger partial charge in [0, 0.05) is 6.54 Å². The summed E-state index contributed by atoms with van der Waals surface area (Å²) in [5.74, 6) is 0. The Morgan fingerprint density at radius 3 is 2.30 bits per heavy atom. The predicted molar refractivity (Wildman–Crippen MR) is 42.6 cm³/mol. The minimum Gasteiger partial charge on any atom is -0.315 e. The SMILES string of the molecule is CC.CC1(C#N)CCNC1. The molecule has 0 bridgehead atoms. The third-order valence-corrected chi connectivity index (χ3v) is 1.64. The lowest BCUT2D eigenvalue weighted by Crippen LogP contribution is -2.17. The summed E-state index contributed by atoms with van der Waals surface area (Å²) in [5.41, 5.74) is -0.0694. The van der Waals surface area contributed by atoms with Gasteiger partial charge in [0.1, 0.15) is 0 Å². The molecule has 0 spiro atoms. The summed E-state index contributed by atoms with van der Waals surface area (Å²) in [6.45, 7) is 7.86. The third kappa shape index (κ3) is 2.36. The van der Waals surface area contributed by atoms with Crippen LogP contribution in [-0.2, 0) is 0 Å². The zero-order valence-electron chi connectivity index (χ0n) is 7.07. The van der Waals surface area contributed by atoms with Crippen LogP contribution in [0.1, 0.15) is 27.2 Å². The average Bonchev–Trinajstić information content (AvgIpc) is 2.42. The largest absolute Gasteiger partial charge is 0.315 e. The molecule has 1 N–H and O–H groups in total. The number of nitrogens with zero attached hydrogens (tertiary/aromatic N) is 1. The van der Waals surface area contributed by atoms with Gasteiger partial charge in [-0.3, -0.25) is 0 Å². The van der Waals surface area contributed by atoms with E-state index in [0.717, 1.165) is 19.5 Å². The molecule has 1 fully saturated rings. The second-order valence-corrected chi connectivity index (χ2v) is 2.60. The third-order valence-electron chi connectivity index (χ3n) is 1.64. The van der Waals surface area contributed by atoms with E-state index in [9.17, 15) is 0 Å². The van der Waals surface area contributed by atoms with E-state index in [1.54, 1.807) is 0 Å². The van der Waals surface area contributed by atoms with Crippen LogP contribution in [0.2, 0.25) is 0 Å². The summed E-state index contributed by atoms with van der Waals surface area (Å²) in [6.07, 6.45) is 1.00. The first-order valence-corrected chi connectivity index (χ1v) is 3.89. The van der Waals surface area contributed by atoms with Gasteiger partial charge in [0.25, 0.3) is 0 Å². The molecule has 1 aliphatic heterocycles. The molecular formula is C8H16N2. The van der Waals surface area contributed by atoms with Crippen molar-refractivity contribution in [3.8, 4) is 6.07 Å². The normalized spacial score (nSPS) is 30.2. The lowest BCUT2D eigenvalue weighted by atomic mass is 9.92. The molecule has 0 aromatic heterocycles. The van der Waals surface area contributed by atoms with E-state index >= 15 is 0 Å². The van der Waals surface area contributed by atoms with Gasteiger partial charge in [0.05, 0.1) is 11.5 Å². The highest BCUT2D eigenvalue weighted by Crippen LogP contribution is 2.21. The Morgan fingerprint density at radius 2 is 2.10 bits per heavy atom. The minimum absolute atomic E-state index is 0.0694. The van der Waals surface area contributed by atoms with Crippen molar-refractivity contribution in [2.24, 2.45) is 5.41 Å². The Morgan fingerprint density at radius 1 is 1.50 bits per heavy atom. The van der Waals surface area contributed by atoms with Crippen LogP contribution >= 0.6 is 0 Å². The van der Waals surface area contributed by atoms with Crippen LogP contribution < -0.4 is 5.32 Å². The van der Waals surface area contributed by atoms with Gasteiger partial charge in [-0.05, 0) is 19.9 Å². The number of hydrogen-bond donors (Lipinski definition) is 1. The molecule has 58 valence electrons. The molecule has 0 saturated carbocycles. The molecule has 1 heterocycles. The summed E-state index contributed by atoms with van der Waals surface area (Å²) in [4.78, 5) is 0. The zero-order chi connectivity index (χ0) is 8.04. The molecule has 0 amide bonds. The van der Waals surface area contributed by atoms with Gasteiger partial charge < -0.3 is 5.32 Å². The topological polar surface area (TPSA) is 35.8 Å². The van der Waals surface area contributed by atoms with Crippen LogP contribution in [0, 0.1) is 16.7 Å². The molecule has 0 aromatic rings. The van der Waals surface area contributed by atoms with Gasteiger partial charge in [-0.15, -0.1) is 0 Å². The smallest absolute Gasteiger partial charge is 0.0700 e. The standard InChI is InChI=1S/C6H10N2.C2H6/c1-6(4-7)2-3-8-5-6;1-2/h8H,2-3,5H2,1H3;1-2H3. The maximum atomic E-state index is 8.54. The van der Waals surface area contributed by atoms with E-state index in [2.05, 4.69) is 11.4 Å². The maximum absolute atomic E-state index is 8.54. The Labute approximate surface area is 63.2 Å². The highest BCUT2D eigenvalue weighted by molar-refractivity contribution is 5.00. The lowest BCUT2D eigenvalue weighted by Gasteiger charge is -2.08. The molecule has 1 atom stereocenters. The molecular weight excluding hydrogens is 124 g/mol. The fourth-order valence-electron chi connectivity index (χ4n) is 0.912. The van der Waals surface area contributed by atoms with E-state index in [1.165, 1.54) is 0 Å². The molecule has 0 aromatic carbocycles. The molecule has 1 aliphatic rings. The molecule has 10 heavy (non-hydrogen) atoms. The van der Waals surface area contributed by atoms with E-state index < -0.39 is 0 Å². The quantitative estimate of drug-likeness (QED) is 0.554. The molecule has 1 saturated heterocycles. The van der Waals surface area contributed by atoms with E-state index in [-0.39, 0.29) is 5.41 Å². The Hall–Kier alpha value is -0.550. The maximum Gasteiger partial charge on any atom is 0.0700 e. The Bertz CT molecular complexity index is 118. The van der Waals surface area contributed by atoms with E-state index in [4.69, 9.17) is 5.26 Å². The van der Waals surface area contributed by atoms with Gasteiger partial charge in [-0.25, -0.2) is 0 Å². The zero-order valence-corrected chi connectivity index (χ0v) is 7.07. The number of nitrogens with one attached hydrogen (secondary N) is 1. The van der Waals surface area contributed by atoms with Gasteiger partial charge >= 0.3 is 0 Å². The number of nitriles is 1. The Kier molecular flexibility index (Phi) is 4.06. The first-order chi connectivity index (χ1) is 4.77. The van der Waals surface area contributed by atoms with E-state index in [0.29, 0.717) is 0 Å². The molecule has 0 radical (unpaired) electrons. The summed E-state index contributed by atoms with van der Waals surface area (Å²) in [7, 11) is 0. The fraction of sp³-hybridized carbons (Fsp3) is 0.875. The second-order valence-electron chi connectivity index (χ2n) is 2.60. The van der Waals surface area contributed by atoms with Crippen molar-refractivity contribution in [3.63, 3.8) is 0 Å². The summed E-state index contributed by atoms with van der Waals surface area (Å²) in [6, 6.07) is 2.28. The number of rotatable bonds is 0. The van der Waals surface area contributed by atoms with Gasteiger partial charge in [-0.1, -0.05) is 13.8 Å². The molecule has 2 nitrogen and oxygen atoms in total. The first-order valence-electron chi connectivity index (χ1n) is 3.89. The predicted octanol–water partition coefficient (Wildman–Crippen LogP) is 1.54. The monoisotopic (exact) mass is 140 g/mol. The molecule has 1 rings (SSSR count). The van der Waals surface area contributed by atoms with Crippen LogP contribution in [0.5, 0.6) is 0 Å². The van der Waals surface area contributed by atoms with Crippen molar-refractivity contribution in [2.45, 2.75) is 27.2 Å². The van der Waals surface area contributed by atoms with Crippen molar-refractivity contribution in [1.82, 2.24) is 5.32 Å². The lowest BCUT2D eigenvalue weighted by molar-refractivity contribution is 0.496. The highest BCUT2D eigenvalue weighted by atomic mass is 14.9. The van der Waals surface area contributed by atoms with Crippen LogP contribution in [-0.4, -0.2) is 13.1 Å². The first kappa shape index (κ1) is 9.45. The molecule has 0 aliphatic carbocycles. The summed E-state index contributed by atoms with van der Waals surface area (Å²) in [5, 5.41) is 11.7. The van der Waals surface area contributed by atoms with Gasteiger partial charge in [-0.2, -0.15) is 5.26 Å². The molecule has 1 unspecified atom stereocenters. The van der Waals surface area contributed by atoms with E-state index in [1.807, 2.05) is 20.8 Å². The van der Waals surface area contributed by atoms with Crippen molar-refractivity contribution in [2.75, 3.05) is 13.1 Å².